The molecule has 0 fully saturated rings. The Labute approximate surface area is 109 Å². The van der Waals surface area contributed by atoms with Crippen LogP contribution in [0, 0.1) is 0 Å². The normalized spacial score (nSPS) is 10.2. The highest BCUT2D eigenvalue weighted by Crippen LogP contribution is 2.12. The Morgan fingerprint density at radius 3 is 2.25 bits per heavy atom. The number of anilines is 1. The van der Waals surface area contributed by atoms with E-state index in [0.717, 1.165) is 24.1 Å². The van der Waals surface area contributed by atoms with Crippen LogP contribution >= 0.6 is 27.5 Å². The zero-order valence-electron chi connectivity index (χ0n) is 8.81. The molecule has 0 atom stereocenters. The third kappa shape index (κ3) is 3.98. The third-order valence-corrected chi connectivity index (χ3v) is 2.79. The molecule has 6 heteroatoms. The summed E-state index contributed by atoms with van der Waals surface area (Å²) in [5, 5.41) is 18.8. The fourth-order valence-corrected chi connectivity index (χ4v) is 2.06. The SMILES string of the molecule is OB(O)c1ccc(N(CCCl)CCBr)cc1. The van der Waals surface area contributed by atoms with Crippen molar-refractivity contribution in [1.82, 2.24) is 0 Å². The minimum atomic E-state index is -1.41. The lowest BCUT2D eigenvalue weighted by molar-refractivity contribution is 0.426. The highest BCUT2D eigenvalue weighted by Gasteiger charge is 2.11. The van der Waals surface area contributed by atoms with Crippen LogP contribution in [-0.2, 0) is 0 Å². The van der Waals surface area contributed by atoms with Crippen molar-refractivity contribution in [3.05, 3.63) is 24.3 Å². The van der Waals surface area contributed by atoms with Crippen LogP contribution in [0.3, 0.4) is 0 Å². The van der Waals surface area contributed by atoms with E-state index < -0.39 is 7.12 Å². The molecule has 0 aliphatic carbocycles. The van der Waals surface area contributed by atoms with Gasteiger partial charge < -0.3 is 14.9 Å². The molecular weight excluding hydrogens is 292 g/mol. The second kappa shape index (κ2) is 7.17. The summed E-state index contributed by atoms with van der Waals surface area (Å²) >= 11 is 9.12. The Morgan fingerprint density at radius 1 is 1.19 bits per heavy atom. The molecule has 1 aromatic rings. The molecule has 0 aromatic heterocycles. The van der Waals surface area contributed by atoms with Gasteiger partial charge in [0.15, 0.2) is 0 Å². The number of alkyl halides is 2. The first-order valence-electron chi connectivity index (χ1n) is 5.02. The van der Waals surface area contributed by atoms with Gasteiger partial charge in [-0.05, 0) is 17.6 Å². The van der Waals surface area contributed by atoms with Gasteiger partial charge in [-0.15, -0.1) is 11.6 Å². The summed E-state index contributed by atoms with van der Waals surface area (Å²) in [5.41, 5.74) is 1.53. The van der Waals surface area contributed by atoms with E-state index in [1.807, 2.05) is 12.1 Å². The molecule has 1 rings (SSSR count). The van der Waals surface area contributed by atoms with Gasteiger partial charge in [-0.1, -0.05) is 28.1 Å². The number of benzene rings is 1. The molecule has 0 unspecified atom stereocenters. The molecule has 0 aliphatic heterocycles. The van der Waals surface area contributed by atoms with Crippen molar-refractivity contribution in [3.8, 4) is 0 Å². The summed E-state index contributed by atoms with van der Waals surface area (Å²) in [5.74, 6) is 0.567. The number of rotatable bonds is 6. The van der Waals surface area contributed by atoms with E-state index in [-0.39, 0.29) is 0 Å². The monoisotopic (exact) mass is 305 g/mol. The van der Waals surface area contributed by atoms with Crippen molar-refractivity contribution in [2.75, 3.05) is 29.2 Å². The summed E-state index contributed by atoms with van der Waals surface area (Å²) in [7, 11) is -1.41. The van der Waals surface area contributed by atoms with Gasteiger partial charge in [0.25, 0.3) is 0 Å². The fraction of sp³-hybridized carbons (Fsp3) is 0.400. The van der Waals surface area contributed by atoms with E-state index in [9.17, 15) is 0 Å². The average molecular weight is 306 g/mol. The molecule has 0 spiro atoms. The van der Waals surface area contributed by atoms with Crippen molar-refractivity contribution in [2.45, 2.75) is 0 Å². The van der Waals surface area contributed by atoms with E-state index in [2.05, 4.69) is 20.8 Å². The maximum atomic E-state index is 8.97. The Balaban J connectivity index is 2.76. The lowest BCUT2D eigenvalue weighted by Crippen LogP contribution is -2.31. The van der Waals surface area contributed by atoms with E-state index >= 15 is 0 Å². The Bertz CT molecular complexity index is 304. The largest absolute Gasteiger partial charge is 0.488 e. The van der Waals surface area contributed by atoms with Crippen molar-refractivity contribution >= 4 is 45.8 Å². The maximum absolute atomic E-state index is 8.97. The van der Waals surface area contributed by atoms with Gasteiger partial charge in [-0.2, -0.15) is 0 Å². The zero-order chi connectivity index (χ0) is 12.0. The first kappa shape index (κ1) is 13.8. The quantitative estimate of drug-likeness (QED) is 0.604. The minimum Gasteiger partial charge on any atom is -0.423 e. The predicted octanol–water partition coefficient (Wildman–Crippen LogP) is 0.806. The van der Waals surface area contributed by atoms with Crippen LogP contribution in [-0.4, -0.2) is 41.5 Å². The maximum Gasteiger partial charge on any atom is 0.488 e. The Hall–Kier alpha value is -0.225. The average Bonchev–Trinajstić information content (AvgIpc) is 2.29. The third-order valence-electron chi connectivity index (χ3n) is 2.27. The van der Waals surface area contributed by atoms with E-state index in [0.29, 0.717) is 11.3 Å². The lowest BCUT2D eigenvalue weighted by atomic mass is 9.80. The van der Waals surface area contributed by atoms with Crippen LogP contribution in [0.2, 0.25) is 0 Å². The Kier molecular flexibility index (Phi) is 6.20. The van der Waals surface area contributed by atoms with Crippen LogP contribution in [0.5, 0.6) is 0 Å². The van der Waals surface area contributed by atoms with E-state index in [1.54, 1.807) is 12.1 Å². The predicted molar refractivity (Wildman–Crippen MR) is 73.0 cm³/mol. The molecule has 0 saturated heterocycles. The summed E-state index contributed by atoms with van der Waals surface area (Å²) in [6.07, 6.45) is 0. The first-order chi connectivity index (χ1) is 7.69. The van der Waals surface area contributed by atoms with Gasteiger partial charge >= 0.3 is 7.12 Å². The number of nitrogens with zero attached hydrogens (tertiary/aromatic N) is 1. The number of hydrogen-bond donors (Lipinski definition) is 2. The summed E-state index contributed by atoms with van der Waals surface area (Å²) < 4.78 is 0. The van der Waals surface area contributed by atoms with Crippen LogP contribution in [0.1, 0.15) is 0 Å². The molecular formula is C10H14BBrClNO2. The topological polar surface area (TPSA) is 43.7 Å². The van der Waals surface area contributed by atoms with Crippen LogP contribution in [0.4, 0.5) is 5.69 Å². The van der Waals surface area contributed by atoms with Gasteiger partial charge in [0.2, 0.25) is 0 Å². The van der Waals surface area contributed by atoms with Gasteiger partial charge in [-0.3, -0.25) is 0 Å². The van der Waals surface area contributed by atoms with Crippen LogP contribution < -0.4 is 10.4 Å². The summed E-state index contributed by atoms with van der Waals surface area (Å²) in [6.45, 7) is 1.64. The molecule has 88 valence electrons. The molecule has 1 aromatic carbocycles. The molecule has 0 saturated carbocycles. The molecule has 2 N–H and O–H groups in total. The summed E-state index contributed by atoms with van der Waals surface area (Å²) in [4.78, 5) is 2.13. The smallest absolute Gasteiger partial charge is 0.423 e. The molecule has 16 heavy (non-hydrogen) atoms. The highest BCUT2D eigenvalue weighted by atomic mass is 79.9. The van der Waals surface area contributed by atoms with Gasteiger partial charge in [0, 0.05) is 30.0 Å². The standard InChI is InChI=1S/C10H14BBrClNO2/c12-5-7-14(8-6-13)10-3-1-9(2-4-10)11(15)16/h1-4,15-16H,5-8H2. The summed E-state index contributed by atoms with van der Waals surface area (Å²) in [6, 6.07) is 7.14. The molecule has 0 aliphatic rings. The number of halogens is 2. The second-order valence-electron chi connectivity index (χ2n) is 3.33. The second-order valence-corrected chi connectivity index (χ2v) is 4.50. The van der Waals surface area contributed by atoms with Gasteiger partial charge in [0.1, 0.15) is 0 Å². The van der Waals surface area contributed by atoms with Crippen molar-refractivity contribution in [1.29, 1.82) is 0 Å². The van der Waals surface area contributed by atoms with Crippen LogP contribution in [0.15, 0.2) is 24.3 Å². The van der Waals surface area contributed by atoms with Crippen molar-refractivity contribution < 1.29 is 10.0 Å². The van der Waals surface area contributed by atoms with E-state index in [1.165, 1.54) is 0 Å². The minimum absolute atomic E-state index is 0.494. The molecule has 0 heterocycles. The Morgan fingerprint density at radius 2 is 1.81 bits per heavy atom. The van der Waals surface area contributed by atoms with Crippen molar-refractivity contribution in [2.24, 2.45) is 0 Å². The number of hydrogen-bond acceptors (Lipinski definition) is 3. The first-order valence-corrected chi connectivity index (χ1v) is 6.67. The van der Waals surface area contributed by atoms with Crippen LogP contribution in [0.25, 0.3) is 0 Å². The molecule has 0 radical (unpaired) electrons. The lowest BCUT2D eigenvalue weighted by Gasteiger charge is -2.23. The van der Waals surface area contributed by atoms with Gasteiger partial charge in [0.05, 0.1) is 0 Å². The highest BCUT2D eigenvalue weighted by molar-refractivity contribution is 9.09. The van der Waals surface area contributed by atoms with E-state index in [4.69, 9.17) is 21.6 Å². The van der Waals surface area contributed by atoms with Crippen molar-refractivity contribution in [3.63, 3.8) is 0 Å². The molecule has 3 nitrogen and oxygen atoms in total. The van der Waals surface area contributed by atoms with Gasteiger partial charge in [-0.25, -0.2) is 0 Å². The molecule has 0 bridgehead atoms. The fourth-order valence-electron chi connectivity index (χ4n) is 1.43. The zero-order valence-corrected chi connectivity index (χ0v) is 11.2. The molecule has 0 amide bonds.